The molecule has 0 aliphatic rings. The number of aliphatic hydroxyl groups is 1. The van der Waals surface area contributed by atoms with Gasteiger partial charge in [0.25, 0.3) is 0 Å². The average molecular weight is 290 g/mol. The highest BCUT2D eigenvalue weighted by Crippen LogP contribution is 2.26. The molecule has 0 amide bonds. The predicted molar refractivity (Wildman–Crippen MR) is 71.5 cm³/mol. The maximum Gasteiger partial charge on any atom is 0.155 e. The van der Waals surface area contributed by atoms with Gasteiger partial charge in [0.15, 0.2) is 9.84 Å². The fourth-order valence-corrected chi connectivity index (χ4v) is 2.27. The molecular weight excluding hydrogens is 271 g/mol. The van der Waals surface area contributed by atoms with Crippen molar-refractivity contribution in [2.24, 2.45) is 0 Å². The monoisotopic (exact) mass is 290 g/mol. The van der Waals surface area contributed by atoms with Crippen LogP contribution in [0.3, 0.4) is 0 Å². The highest BCUT2D eigenvalue weighted by Gasteiger charge is 2.17. The first-order chi connectivity index (χ1) is 8.74. The Morgan fingerprint density at radius 3 is 2.47 bits per heavy atom. The highest BCUT2D eigenvalue weighted by molar-refractivity contribution is 7.91. The minimum Gasteiger partial charge on any atom is -0.492 e. The summed E-state index contributed by atoms with van der Waals surface area (Å²) in [6.45, 7) is 4.66. The maximum absolute atomic E-state index is 13.1. The van der Waals surface area contributed by atoms with Gasteiger partial charge in [-0.1, -0.05) is 0 Å². The second kappa shape index (κ2) is 6.34. The number of benzene rings is 1. The average Bonchev–Trinajstić information content (AvgIpc) is 2.28. The van der Waals surface area contributed by atoms with Crippen molar-refractivity contribution >= 4 is 9.84 Å². The third-order valence-electron chi connectivity index (χ3n) is 2.77. The number of hydrogen-bond donors (Lipinski definition) is 1. The first kappa shape index (κ1) is 15.9. The van der Waals surface area contributed by atoms with Crippen LogP contribution in [0.15, 0.2) is 18.2 Å². The molecule has 0 aliphatic carbocycles. The Hall–Kier alpha value is -1.14. The zero-order valence-corrected chi connectivity index (χ0v) is 12.1. The second-order valence-electron chi connectivity index (χ2n) is 4.62. The lowest BCUT2D eigenvalue weighted by molar-refractivity contribution is 0.192. The number of ether oxygens (including phenoxy) is 1. The van der Waals surface area contributed by atoms with Crippen molar-refractivity contribution < 1.29 is 22.7 Å². The first-order valence-corrected chi connectivity index (χ1v) is 7.77. The molecule has 0 fully saturated rings. The molecule has 108 valence electrons. The molecule has 0 aliphatic heterocycles. The lowest BCUT2D eigenvalue weighted by atomic mass is 10.1. The summed E-state index contributed by atoms with van der Waals surface area (Å²) in [5.41, 5.74) is 0.434. The van der Waals surface area contributed by atoms with Crippen LogP contribution in [0, 0.1) is 5.82 Å². The minimum absolute atomic E-state index is 0.0658. The van der Waals surface area contributed by atoms with E-state index in [1.807, 2.05) is 0 Å². The van der Waals surface area contributed by atoms with Gasteiger partial charge in [0.1, 0.15) is 18.2 Å². The Labute approximate surface area is 113 Å². The van der Waals surface area contributed by atoms with Gasteiger partial charge in [-0.2, -0.15) is 0 Å². The molecule has 1 N–H and O–H groups in total. The topological polar surface area (TPSA) is 63.6 Å². The molecule has 0 aromatic heterocycles. The van der Waals surface area contributed by atoms with Crippen LogP contribution < -0.4 is 4.74 Å². The van der Waals surface area contributed by atoms with Gasteiger partial charge in [-0.05, 0) is 32.9 Å². The van der Waals surface area contributed by atoms with E-state index in [0.717, 1.165) is 6.07 Å². The Kier molecular flexibility index (Phi) is 5.31. The minimum atomic E-state index is -3.19. The lowest BCUT2D eigenvalue weighted by Gasteiger charge is -2.14. The van der Waals surface area contributed by atoms with Gasteiger partial charge in [0.2, 0.25) is 0 Å². The summed E-state index contributed by atoms with van der Waals surface area (Å²) in [7, 11) is -3.19. The summed E-state index contributed by atoms with van der Waals surface area (Å²) < 4.78 is 41.6. The van der Waals surface area contributed by atoms with E-state index >= 15 is 0 Å². The fourth-order valence-electron chi connectivity index (χ4n) is 1.48. The quantitative estimate of drug-likeness (QED) is 0.871. The van der Waals surface area contributed by atoms with Gasteiger partial charge in [-0.15, -0.1) is 0 Å². The van der Waals surface area contributed by atoms with E-state index in [-0.39, 0.29) is 18.1 Å². The zero-order chi connectivity index (χ0) is 14.6. The Morgan fingerprint density at radius 1 is 1.32 bits per heavy atom. The normalized spacial score (nSPS) is 13.6. The molecule has 0 heterocycles. The van der Waals surface area contributed by atoms with Crippen LogP contribution in [0.25, 0.3) is 0 Å². The number of sulfone groups is 1. The van der Waals surface area contributed by atoms with Crippen LogP contribution in [0.2, 0.25) is 0 Å². The van der Waals surface area contributed by atoms with Crippen molar-refractivity contribution in [2.45, 2.75) is 32.1 Å². The number of halogens is 1. The van der Waals surface area contributed by atoms with Gasteiger partial charge >= 0.3 is 0 Å². The van der Waals surface area contributed by atoms with E-state index in [9.17, 15) is 17.9 Å². The molecule has 6 heteroatoms. The number of rotatable bonds is 6. The molecule has 0 unspecified atom stereocenters. The van der Waals surface area contributed by atoms with Gasteiger partial charge in [0.05, 0.1) is 17.1 Å². The van der Waals surface area contributed by atoms with Gasteiger partial charge in [0, 0.05) is 11.6 Å². The molecule has 1 aromatic rings. The maximum atomic E-state index is 13.1. The lowest BCUT2D eigenvalue weighted by Crippen LogP contribution is -2.22. The summed E-state index contributed by atoms with van der Waals surface area (Å²) in [6, 6.07) is 3.79. The molecule has 0 saturated heterocycles. The van der Waals surface area contributed by atoms with Crippen LogP contribution >= 0.6 is 0 Å². The third-order valence-corrected chi connectivity index (χ3v) is 4.94. The molecular formula is C13H19FO4S. The number of hydrogen-bond acceptors (Lipinski definition) is 4. The van der Waals surface area contributed by atoms with Crippen LogP contribution in [0.1, 0.15) is 32.4 Å². The molecule has 0 bridgehead atoms. The summed E-state index contributed by atoms with van der Waals surface area (Å²) >= 11 is 0. The largest absolute Gasteiger partial charge is 0.492 e. The summed E-state index contributed by atoms with van der Waals surface area (Å²) in [6.07, 6.45) is -0.808. The van der Waals surface area contributed by atoms with Crippen LogP contribution in [-0.2, 0) is 9.84 Å². The SMILES string of the molecule is CC(C)S(=O)(=O)CCOc1cc(F)ccc1[C@H](C)O. The van der Waals surface area contributed by atoms with Crippen molar-refractivity contribution in [3.63, 3.8) is 0 Å². The van der Waals surface area contributed by atoms with E-state index in [1.165, 1.54) is 19.1 Å². The van der Waals surface area contributed by atoms with Crippen molar-refractivity contribution in [1.82, 2.24) is 0 Å². The van der Waals surface area contributed by atoms with E-state index in [2.05, 4.69) is 0 Å². The Morgan fingerprint density at radius 2 is 1.95 bits per heavy atom. The van der Waals surface area contributed by atoms with Crippen molar-refractivity contribution in [1.29, 1.82) is 0 Å². The summed E-state index contributed by atoms with van der Waals surface area (Å²) in [4.78, 5) is 0. The Bertz CT molecular complexity index is 523. The van der Waals surface area contributed by atoms with Crippen LogP contribution in [0.5, 0.6) is 5.75 Å². The van der Waals surface area contributed by atoms with Crippen molar-refractivity contribution in [3.05, 3.63) is 29.6 Å². The zero-order valence-electron chi connectivity index (χ0n) is 11.3. The highest BCUT2D eigenvalue weighted by atomic mass is 32.2. The standard InChI is InChI=1S/C13H19FO4S/c1-9(2)19(16,17)7-6-18-13-8-11(14)4-5-12(13)10(3)15/h4-5,8-10,15H,6-7H2,1-3H3/t10-/m0/s1. The van der Waals surface area contributed by atoms with Gasteiger partial charge in [-0.25, -0.2) is 12.8 Å². The van der Waals surface area contributed by atoms with Gasteiger partial charge in [-0.3, -0.25) is 0 Å². The van der Waals surface area contributed by atoms with E-state index in [4.69, 9.17) is 4.74 Å². The molecule has 1 aromatic carbocycles. The molecule has 0 spiro atoms. The molecule has 1 atom stereocenters. The van der Waals surface area contributed by atoms with E-state index in [1.54, 1.807) is 13.8 Å². The van der Waals surface area contributed by atoms with Crippen LogP contribution in [-0.4, -0.2) is 31.1 Å². The Balaban J connectivity index is 2.75. The van der Waals surface area contributed by atoms with Crippen molar-refractivity contribution in [2.75, 3.05) is 12.4 Å². The molecule has 19 heavy (non-hydrogen) atoms. The van der Waals surface area contributed by atoms with Crippen LogP contribution in [0.4, 0.5) is 4.39 Å². The fraction of sp³-hybridized carbons (Fsp3) is 0.538. The third kappa shape index (κ3) is 4.47. The summed E-state index contributed by atoms with van der Waals surface area (Å²) in [5, 5.41) is 9.05. The molecule has 0 saturated carbocycles. The van der Waals surface area contributed by atoms with E-state index in [0.29, 0.717) is 5.56 Å². The second-order valence-corrected chi connectivity index (χ2v) is 7.30. The number of aliphatic hydroxyl groups excluding tert-OH is 1. The van der Waals surface area contributed by atoms with E-state index < -0.39 is 27.0 Å². The molecule has 1 rings (SSSR count). The first-order valence-electron chi connectivity index (χ1n) is 6.06. The van der Waals surface area contributed by atoms with Crippen molar-refractivity contribution in [3.8, 4) is 5.75 Å². The summed E-state index contributed by atoms with van der Waals surface area (Å²) in [5.74, 6) is -0.458. The van der Waals surface area contributed by atoms with Gasteiger partial charge < -0.3 is 9.84 Å². The molecule has 0 radical (unpaired) electrons. The molecule has 4 nitrogen and oxygen atoms in total. The predicted octanol–water partition coefficient (Wildman–Crippen LogP) is 2.08. The smallest absolute Gasteiger partial charge is 0.155 e.